The van der Waals surface area contributed by atoms with Gasteiger partial charge < -0.3 is 15.0 Å². The number of hydrogen-bond donors (Lipinski definition) is 1. The summed E-state index contributed by atoms with van der Waals surface area (Å²) in [5, 5.41) is 7.96. The first kappa shape index (κ1) is 19.3. The zero-order valence-corrected chi connectivity index (χ0v) is 17.5. The number of rotatable bonds is 1. The van der Waals surface area contributed by atoms with Crippen LogP contribution in [0, 0.1) is 11.7 Å². The lowest BCUT2D eigenvalue weighted by Crippen LogP contribution is -2.60. The molecule has 2 unspecified atom stereocenters. The van der Waals surface area contributed by atoms with Crippen LogP contribution < -0.4 is 15.0 Å². The van der Waals surface area contributed by atoms with E-state index in [-0.39, 0.29) is 12.0 Å². The van der Waals surface area contributed by atoms with Crippen LogP contribution >= 0.6 is 0 Å². The summed E-state index contributed by atoms with van der Waals surface area (Å²) in [6, 6.07) is 7.27. The Hall–Kier alpha value is -2.71. The summed E-state index contributed by atoms with van der Waals surface area (Å²) in [5.41, 5.74) is 1.74. The number of ether oxygens (including phenoxy) is 1. The molecule has 158 valence electrons. The van der Waals surface area contributed by atoms with Gasteiger partial charge in [-0.3, -0.25) is 4.90 Å². The van der Waals surface area contributed by atoms with Gasteiger partial charge in [-0.1, -0.05) is 13.8 Å². The number of nitrogens with zero attached hydrogens (tertiary/aromatic N) is 5. The van der Waals surface area contributed by atoms with Crippen LogP contribution in [0.4, 0.5) is 10.2 Å². The predicted octanol–water partition coefficient (Wildman–Crippen LogP) is 2.62. The van der Waals surface area contributed by atoms with E-state index in [0.717, 1.165) is 32.0 Å². The summed E-state index contributed by atoms with van der Waals surface area (Å²) in [6.07, 6.45) is 3.42. The van der Waals surface area contributed by atoms with Gasteiger partial charge in [0.15, 0.2) is 11.9 Å². The van der Waals surface area contributed by atoms with E-state index in [4.69, 9.17) is 9.72 Å². The molecule has 4 bridgehead atoms. The van der Waals surface area contributed by atoms with Gasteiger partial charge in [0, 0.05) is 56.6 Å². The Labute approximate surface area is 175 Å². The lowest BCUT2D eigenvalue weighted by molar-refractivity contribution is -0.0116. The van der Waals surface area contributed by atoms with Crippen LogP contribution in [0.25, 0.3) is 16.8 Å². The molecule has 1 aromatic carbocycles. The maximum absolute atomic E-state index is 14.8. The fourth-order valence-electron chi connectivity index (χ4n) is 4.21. The van der Waals surface area contributed by atoms with Crippen molar-refractivity contribution in [2.75, 3.05) is 38.1 Å². The molecule has 2 aromatic heterocycles. The predicted molar refractivity (Wildman–Crippen MR) is 114 cm³/mol. The van der Waals surface area contributed by atoms with Crippen LogP contribution in [0.5, 0.6) is 5.75 Å². The number of fused-ring (bicyclic) bond motifs is 5. The molecular weight excluding hydrogens is 383 g/mol. The van der Waals surface area contributed by atoms with Gasteiger partial charge in [0.25, 0.3) is 0 Å². The molecule has 3 aromatic rings. The van der Waals surface area contributed by atoms with E-state index in [0.29, 0.717) is 34.5 Å². The van der Waals surface area contributed by atoms with Crippen molar-refractivity contribution in [3.8, 4) is 16.9 Å². The quantitative estimate of drug-likeness (QED) is 0.666. The van der Waals surface area contributed by atoms with E-state index in [9.17, 15) is 4.39 Å². The minimum Gasteiger partial charge on any atom is -0.474 e. The molecule has 8 heteroatoms. The minimum atomic E-state index is -0.314. The first-order valence-electron chi connectivity index (χ1n) is 10.5. The third kappa shape index (κ3) is 3.40. The first-order valence-corrected chi connectivity index (χ1v) is 10.5. The van der Waals surface area contributed by atoms with Gasteiger partial charge in [0.2, 0.25) is 0 Å². The van der Waals surface area contributed by atoms with E-state index in [1.165, 1.54) is 6.07 Å². The molecule has 7 nitrogen and oxygen atoms in total. The van der Waals surface area contributed by atoms with Gasteiger partial charge in [-0.2, -0.15) is 5.10 Å². The molecule has 2 aliphatic heterocycles. The van der Waals surface area contributed by atoms with Crippen LogP contribution in [0.1, 0.15) is 13.8 Å². The molecule has 30 heavy (non-hydrogen) atoms. The molecular formula is C22H27FN6O. The van der Waals surface area contributed by atoms with Crippen molar-refractivity contribution in [2.45, 2.75) is 26.1 Å². The number of benzene rings is 1. The zero-order chi connectivity index (χ0) is 20.8. The number of hydrogen-bond acceptors (Lipinski definition) is 6. The van der Waals surface area contributed by atoms with Crippen LogP contribution in [0.15, 0.2) is 36.7 Å². The number of aromatic nitrogens is 3. The van der Waals surface area contributed by atoms with Gasteiger partial charge in [-0.15, -0.1) is 0 Å². The average molecular weight is 410 g/mol. The van der Waals surface area contributed by atoms with Gasteiger partial charge >= 0.3 is 0 Å². The summed E-state index contributed by atoms with van der Waals surface area (Å²) >= 11 is 0. The number of halogens is 1. The Morgan fingerprint density at radius 3 is 2.90 bits per heavy atom. The fourth-order valence-corrected chi connectivity index (χ4v) is 4.21. The van der Waals surface area contributed by atoms with Crippen LogP contribution in [0.3, 0.4) is 0 Å². The van der Waals surface area contributed by atoms with Crippen LogP contribution in [-0.4, -0.2) is 65.0 Å². The molecule has 0 radical (unpaired) electrons. The van der Waals surface area contributed by atoms with Crippen LogP contribution in [0.2, 0.25) is 0 Å². The highest BCUT2D eigenvalue weighted by molar-refractivity contribution is 5.79. The monoisotopic (exact) mass is 410 g/mol. The Morgan fingerprint density at radius 1 is 1.20 bits per heavy atom. The van der Waals surface area contributed by atoms with E-state index in [2.05, 4.69) is 34.1 Å². The van der Waals surface area contributed by atoms with Crippen molar-refractivity contribution in [1.29, 1.82) is 0 Å². The smallest absolute Gasteiger partial charge is 0.165 e. The van der Waals surface area contributed by atoms with Gasteiger partial charge in [-0.05, 0) is 30.2 Å². The molecule has 1 saturated heterocycles. The summed E-state index contributed by atoms with van der Waals surface area (Å²) in [7, 11) is 2.03. The molecule has 2 aliphatic rings. The topological polar surface area (TPSA) is 57.9 Å². The van der Waals surface area contributed by atoms with E-state index >= 15 is 0 Å². The Balaban J connectivity index is 1.60. The van der Waals surface area contributed by atoms with Crippen molar-refractivity contribution in [3.05, 3.63) is 42.5 Å². The Bertz CT molecular complexity index is 1070. The van der Waals surface area contributed by atoms with Crippen molar-refractivity contribution in [3.63, 3.8) is 0 Å². The molecule has 0 saturated carbocycles. The number of nitrogens with one attached hydrogen (secondary N) is 1. The van der Waals surface area contributed by atoms with E-state index in [1.807, 2.05) is 19.3 Å². The SMILES string of the molecule is CC(C)C1CN2CCN(C)c3ccn4ncc(c4n3)-c3cc(ccc3F)OC2CN1. The standard InChI is InChI=1S/C22H27FN6O/c1-14(2)19-13-28-9-8-27(3)20-6-7-29-22(26-20)17(11-25-29)16-10-15(4-5-18(16)23)30-21(28)12-24-19/h4-7,10-11,14,19,21,24H,8-9,12-13H2,1-3H3. The summed E-state index contributed by atoms with van der Waals surface area (Å²) in [6.45, 7) is 7.76. The highest BCUT2D eigenvalue weighted by Gasteiger charge is 2.31. The third-order valence-corrected chi connectivity index (χ3v) is 6.17. The highest BCUT2D eigenvalue weighted by Crippen LogP contribution is 2.31. The third-order valence-electron chi connectivity index (χ3n) is 6.17. The fraction of sp³-hybridized carbons (Fsp3) is 0.455. The Morgan fingerprint density at radius 2 is 2.07 bits per heavy atom. The molecule has 1 fully saturated rings. The minimum absolute atomic E-state index is 0.115. The number of piperazine rings is 1. The normalized spacial score (nSPS) is 22.4. The van der Waals surface area contributed by atoms with Crippen molar-refractivity contribution < 1.29 is 9.13 Å². The second-order valence-electron chi connectivity index (χ2n) is 8.50. The average Bonchev–Trinajstić information content (AvgIpc) is 3.16. The zero-order valence-electron chi connectivity index (χ0n) is 17.5. The molecule has 2 atom stereocenters. The molecule has 0 amide bonds. The summed E-state index contributed by atoms with van der Waals surface area (Å²) in [4.78, 5) is 9.30. The van der Waals surface area contributed by atoms with Crippen molar-refractivity contribution >= 4 is 11.5 Å². The number of anilines is 1. The van der Waals surface area contributed by atoms with Gasteiger partial charge in [-0.25, -0.2) is 13.9 Å². The molecule has 5 rings (SSSR count). The van der Waals surface area contributed by atoms with Crippen molar-refractivity contribution in [1.82, 2.24) is 24.8 Å². The lowest BCUT2D eigenvalue weighted by Gasteiger charge is -2.42. The molecule has 0 aliphatic carbocycles. The van der Waals surface area contributed by atoms with E-state index < -0.39 is 0 Å². The largest absolute Gasteiger partial charge is 0.474 e. The molecule has 4 heterocycles. The maximum atomic E-state index is 14.8. The van der Waals surface area contributed by atoms with Gasteiger partial charge in [0.1, 0.15) is 17.4 Å². The van der Waals surface area contributed by atoms with E-state index in [1.54, 1.807) is 22.8 Å². The highest BCUT2D eigenvalue weighted by atomic mass is 19.1. The summed E-state index contributed by atoms with van der Waals surface area (Å²) in [5.74, 6) is 1.71. The number of likely N-dealkylation sites (N-methyl/N-ethyl adjacent to an activating group) is 1. The van der Waals surface area contributed by atoms with Gasteiger partial charge in [0.05, 0.1) is 6.20 Å². The summed E-state index contributed by atoms with van der Waals surface area (Å²) < 4.78 is 22.8. The second kappa shape index (κ2) is 7.52. The Kier molecular flexibility index (Phi) is 4.83. The van der Waals surface area contributed by atoms with Crippen molar-refractivity contribution in [2.24, 2.45) is 5.92 Å². The first-order chi connectivity index (χ1) is 14.5. The van der Waals surface area contributed by atoms with Crippen LogP contribution in [-0.2, 0) is 0 Å². The molecule has 0 spiro atoms. The lowest BCUT2D eigenvalue weighted by atomic mass is 10.0. The molecule has 1 N–H and O–H groups in total. The maximum Gasteiger partial charge on any atom is 0.165 e. The second-order valence-corrected chi connectivity index (χ2v) is 8.50.